The second-order valence-corrected chi connectivity index (χ2v) is 2.00. The monoisotopic (exact) mass is 128 g/mol. The molecular weight excluding hydrogens is 120 g/mol. The summed E-state index contributed by atoms with van der Waals surface area (Å²) in [7, 11) is 3.63. The molecule has 1 N–H and O–H groups in total. The fraction of sp³-hybridized carbons (Fsp3) is 0.750. The van der Waals surface area contributed by atoms with Crippen LogP contribution in [-0.4, -0.2) is 31.3 Å². The van der Waals surface area contributed by atoms with Gasteiger partial charge in [0.05, 0.1) is 0 Å². The van der Waals surface area contributed by atoms with Crippen molar-refractivity contribution in [3.05, 3.63) is 0 Å². The summed E-state index contributed by atoms with van der Waals surface area (Å²) in [5, 5.41) is 9.39. The molecule has 0 aromatic carbocycles. The molecule has 0 fully saturated rings. The number of rotatable bonds is 1. The van der Waals surface area contributed by atoms with Crippen LogP contribution in [0.15, 0.2) is 10.2 Å². The molecule has 0 saturated heterocycles. The number of carbonyl (C=O) groups excluding carboxylic acids is 1. The fourth-order valence-corrected chi connectivity index (χ4v) is 0.508. The van der Waals surface area contributed by atoms with Crippen molar-refractivity contribution in [2.75, 3.05) is 14.1 Å². The highest BCUT2D eigenvalue weighted by Gasteiger charge is 2.18. The standard InChI is InChI=1S/C4H8N4O/c1-8(2)3-5-4(9)7-6-3/h3H,1-2H3,(H,5,9). The van der Waals surface area contributed by atoms with Crippen molar-refractivity contribution in [3.63, 3.8) is 0 Å². The second kappa shape index (κ2) is 2.10. The van der Waals surface area contributed by atoms with E-state index in [9.17, 15) is 4.79 Å². The maximum absolute atomic E-state index is 10.4. The Morgan fingerprint density at radius 2 is 2.33 bits per heavy atom. The summed E-state index contributed by atoms with van der Waals surface area (Å²) >= 11 is 0. The summed E-state index contributed by atoms with van der Waals surface area (Å²) < 4.78 is 0. The lowest BCUT2D eigenvalue weighted by Gasteiger charge is -2.13. The van der Waals surface area contributed by atoms with Crippen LogP contribution in [0, 0.1) is 0 Å². The van der Waals surface area contributed by atoms with Gasteiger partial charge in [-0.25, -0.2) is 4.79 Å². The van der Waals surface area contributed by atoms with E-state index in [-0.39, 0.29) is 12.3 Å². The van der Waals surface area contributed by atoms with E-state index in [1.807, 2.05) is 14.1 Å². The third-order valence-corrected chi connectivity index (χ3v) is 1.000. The summed E-state index contributed by atoms with van der Waals surface area (Å²) in [4.78, 5) is 12.1. The van der Waals surface area contributed by atoms with Crippen LogP contribution >= 0.6 is 0 Å². The lowest BCUT2D eigenvalue weighted by Crippen LogP contribution is -2.37. The van der Waals surface area contributed by atoms with Gasteiger partial charge in [-0.05, 0) is 14.1 Å². The molecule has 0 bridgehead atoms. The van der Waals surface area contributed by atoms with E-state index in [4.69, 9.17) is 0 Å². The number of urea groups is 1. The van der Waals surface area contributed by atoms with Crippen molar-refractivity contribution in [2.24, 2.45) is 10.2 Å². The van der Waals surface area contributed by atoms with Gasteiger partial charge in [0.15, 0.2) is 6.29 Å². The maximum Gasteiger partial charge on any atom is 0.362 e. The van der Waals surface area contributed by atoms with E-state index in [1.54, 1.807) is 4.90 Å². The smallest absolute Gasteiger partial charge is 0.299 e. The summed E-state index contributed by atoms with van der Waals surface area (Å²) in [6.45, 7) is 0. The normalized spacial score (nSPS) is 25.2. The molecule has 1 aliphatic heterocycles. The van der Waals surface area contributed by atoms with Gasteiger partial charge < -0.3 is 0 Å². The minimum absolute atomic E-state index is 0.266. The van der Waals surface area contributed by atoms with Crippen LogP contribution < -0.4 is 5.32 Å². The zero-order chi connectivity index (χ0) is 6.85. The molecule has 1 aliphatic rings. The van der Waals surface area contributed by atoms with E-state index in [0.29, 0.717) is 0 Å². The van der Waals surface area contributed by atoms with Gasteiger partial charge in [0.2, 0.25) is 0 Å². The molecule has 2 amide bonds. The molecule has 0 radical (unpaired) electrons. The van der Waals surface area contributed by atoms with Gasteiger partial charge in [0.1, 0.15) is 0 Å². The lowest BCUT2D eigenvalue weighted by atomic mass is 10.7. The van der Waals surface area contributed by atoms with Crippen LogP contribution in [0.4, 0.5) is 4.79 Å². The Morgan fingerprint density at radius 1 is 1.67 bits per heavy atom. The third kappa shape index (κ3) is 1.23. The highest BCUT2D eigenvalue weighted by molar-refractivity contribution is 5.75. The average molecular weight is 128 g/mol. The number of nitrogens with one attached hydrogen (secondary N) is 1. The summed E-state index contributed by atoms with van der Waals surface area (Å²) in [6.07, 6.45) is -0.266. The number of carbonyl (C=O) groups is 1. The molecule has 0 aliphatic carbocycles. The van der Waals surface area contributed by atoms with Gasteiger partial charge in [-0.2, -0.15) is 0 Å². The van der Waals surface area contributed by atoms with Crippen LogP contribution in [0.1, 0.15) is 0 Å². The Labute approximate surface area is 52.7 Å². The van der Waals surface area contributed by atoms with Gasteiger partial charge in [-0.1, -0.05) is 5.11 Å². The van der Waals surface area contributed by atoms with E-state index in [1.165, 1.54) is 0 Å². The predicted molar refractivity (Wildman–Crippen MR) is 30.9 cm³/mol. The molecule has 1 atom stereocenters. The zero-order valence-electron chi connectivity index (χ0n) is 5.33. The first kappa shape index (κ1) is 6.15. The molecule has 0 aromatic rings. The molecule has 9 heavy (non-hydrogen) atoms. The first-order chi connectivity index (χ1) is 4.20. The number of azo groups is 1. The number of nitrogens with zero attached hydrogens (tertiary/aromatic N) is 3. The number of hydrogen-bond donors (Lipinski definition) is 1. The Morgan fingerprint density at radius 3 is 2.56 bits per heavy atom. The van der Waals surface area contributed by atoms with E-state index < -0.39 is 0 Å². The van der Waals surface area contributed by atoms with Gasteiger partial charge >= 0.3 is 6.03 Å². The molecule has 1 unspecified atom stereocenters. The van der Waals surface area contributed by atoms with Gasteiger partial charge in [-0.15, -0.1) is 5.11 Å². The van der Waals surface area contributed by atoms with Crippen molar-refractivity contribution in [2.45, 2.75) is 6.29 Å². The first-order valence-corrected chi connectivity index (χ1v) is 2.58. The number of hydrogen-bond acceptors (Lipinski definition) is 3. The minimum Gasteiger partial charge on any atom is -0.299 e. The quantitative estimate of drug-likeness (QED) is 0.540. The van der Waals surface area contributed by atoms with Crippen LogP contribution in [0.5, 0.6) is 0 Å². The van der Waals surface area contributed by atoms with Crippen molar-refractivity contribution in [3.8, 4) is 0 Å². The predicted octanol–water partition coefficient (Wildman–Crippen LogP) is 0.00700. The molecule has 1 rings (SSSR count). The highest BCUT2D eigenvalue weighted by atomic mass is 16.2. The number of amides is 2. The zero-order valence-corrected chi connectivity index (χ0v) is 5.33. The highest BCUT2D eigenvalue weighted by Crippen LogP contribution is 1.99. The molecule has 50 valence electrons. The Hall–Kier alpha value is -0.970. The summed E-state index contributed by atoms with van der Waals surface area (Å²) in [5.74, 6) is 0. The van der Waals surface area contributed by atoms with Crippen molar-refractivity contribution >= 4 is 6.03 Å². The van der Waals surface area contributed by atoms with Gasteiger partial charge in [0.25, 0.3) is 0 Å². The second-order valence-electron chi connectivity index (χ2n) is 2.00. The molecule has 0 saturated carbocycles. The lowest BCUT2D eigenvalue weighted by molar-refractivity contribution is 0.235. The van der Waals surface area contributed by atoms with E-state index >= 15 is 0 Å². The van der Waals surface area contributed by atoms with E-state index in [2.05, 4.69) is 15.5 Å². The van der Waals surface area contributed by atoms with Gasteiger partial charge in [-0.3, -0.25) is 10.2 Å². The molecule has 0 aromatic heterocycles. The molecule has 1 heterocycles. The molecule has 5 heteroatoms. The van der Waals surface area contributed by atoms with Crippen molar-refractivity contribution in [1.82, 2.24) is 10.2 Å². The minimum atomic E-state index is -0.367. The van der Waals surface area contributed by atoms with Crippen LogP contribution in [0.25, 0.3) is 0 Å². The van der Waals surface area contributed by atoms with Crippen LogP contribution in [0.3, 0.4) is 0 Å². The Kier molecular flexibility index (Phi) is 1.44. The first-order valence-electron chi connectivity index (χ1n) is 2.58. The summed E-state index contributed by atoms with van der Waals surface area (Å²) in [5.41, 5.74) is 0. The topological polar surface area (TPSA) is 57.1 Å². The Bertz CT molecular complexity index is 153. The van der Waals surface area contributed by atoms with Gasteiger partial charge in [0, 0.05) is 0 Å². The fourth-order valence-electron chi connectivity index (χ4n) is 0.508. The molecule has 5 nitrogen and oxygen atoms in total. The maximum atomic E-state index is 10.4. The third-order valence-electron chi connectivity index (χ3n) is 1.000. The molecular formula is C4H8N4O. The van der Waals surface area contributed by atoms with Crippen LogP contribution in [-0.2, 0) is 0 Å². The van der Waals surface area contributed by atoms with E-state index in [0.717, 1.165) is 0 Å². The summed E-state index contributed by atoms with van der Waals surface area (Å²) in [6, 6.07) is -0.367. The largest absolute Gasteiger partial charge is 0.362 e. The van der Waals surface area contributed by atoms with Crippen LogP contribution in [0.2, 0.25) is 0 Å². The van der Waals surface area contributed by atoms with Crippen molar-refractivity contribution in [1.29, 1.82) is 0 Å². The average Bonchev–Trinajstić information content (AvgIpc) is 2.14. The molecule has 0 spiro atoms. The SMILES string of the molecule is CN(C)C1N=NC(=O)N1. The Balaban J connectivity index is 2.50. The van der Waals surface area contributed by atoms with Crippen molar-refractivity contribution < 1.29 is 4.79 Å².